The number of alkyl halides is 3. The summed E-state index contributed by atoms with van der Waals surface area (Å²) in [5.74, 6) is -6.86. The second kappa shape index (κ2) is 12.7. The van der Waals surface area contributed by atoms with Gasteiger partial charge in [0.1, 0.15) is 11.4 Å². The van der Waals surface area contributed by atoms with Crippen LogP contribution in [-0.2, 0) is 30.3 Å². The lowest BCUT2D eigenvalue weighted by Crippen LogP contribution is -2.59. The van der Waals surface area contributed by atoms with Crippen molar-refractivity contribution in [2.24, 2.45) is 11.8 Å². The normalized spacial score (nSPS) is 23.1. The van der Waals surface area contributed by atoms with Gasteiger partial charge in [-0.2, -0.15) is 13.2 Å². The van der Waals surface area contributed by atoms with Crippen LogP contribution in [0, 0.1) is 17.7 Å². The molecule has 0 saturated carbocycles. The van der Waals surface area contributed by atoms with Crippen LogP contribution in [0.25, 0.3) is 0 Å². The van der Waals surface area contributed by atoms with Gasteiger partial charge in [-0.05, 0) is 36.8 Å². The highest BCUT2D eigenvalue weighted by atomic mass is 19.4. The molecular formula is C28H29F4N3O7. The number of ether oxygens (including phenoxy) is 1. The molecule has 3 amide bonds. The topological polar surface area (TPSA) is 133 Å². The Labute approximate surface area is 238 Å². The molecule has 2 saturated heterocycles. The maximum atomic E-state index is 13.3. The molecular weight excluding hydrogens is 566 g/mol. The minimum absolute atomic E-state index is 0.0776. The molecule has 14 heteroatoms. The molecule has 0 aliphatic carbocycles. The van der Waals surface area contributed by atoms with Crippen LogP contribution in [0.2, 0.25) is 0 Å². The van der Waals surface area contributed by atoms with Gasteiger partial charge >= 0.3 is 18.1 Å². The third kappa shape index (κ3) is 6.43. The summed E-state index contributed by atoms with van der Waals surface area (Å²) in [6.07, 6.45) is -4.94. The predicted molar refractivity (Wildman–Crippen MR) is 138 cm³/mol. The first-order chi connectivity index (χ1) is 19.7. The first-order valence-corrected chi connectivity index (χ1v) is 12.7. The van der Waals surface area contributed by atoms with E-state index in [1.54, 1.807) is 6.92 Å². The lowest BCUT2D eigenvalue weighted by atomic mass is 9.76. The van der Waals surface area contributed by atoms with Crippen molar-refractivity contribution in [3.8, 4) is 0 Å². The molecule has 0 aromatic heterocycles. The number of carboxylic acids is 1. The second-order valence-corrected chi connectivity index (χ2v) is 9.77. The highest BCUT2D eigenvalue weighted by Crippen LogP contribution is 2.45. The van der Waals surface area contributed by atoms with Gasteiger partial charge in [0, 0.05) is 38.2 Å². The molecule has 2 aromatic carbocycles. The number of imide groups is 1. The fraction of sp³-hybridized carbons (Fsp3) is 0.393. The number of nitrogens with one attached hydrogen (secondary N) is 1. The quantitative estimate of drug-likeness (QED) is 0.283. The average molecular weight is 596 g/mol. The number of likely N-dealkylation sites (tertiary alicyclic amines) is 1. The smallest absolute Gasteiger partial charge is 0.475 e. The van der Waals surface area contributed by atoms with Gasteiger partial charge in [-0.25, -0.2) is 9.18 Å². The Morgan fingerprint density at radius 1 is 1.05 bits per heavy atom. The van der Waals surface area contributed by atoms with Gasteiger partial charge in [0.2, 0.25) is 11.8 Å². The van der Waals surface area contributed by atoms with Crippen LogP contribution in [0.3, 0.4) is 0 Å². The van der Waals surface area contributed by atoms with E-state index in [2.05, 4.69) is 5.32 Å². The molecule has 2 heterocycles. The third-order valence-electron chi connectivity index (χ3n) is 7.27. The zero-order valence-electron chi connectivity index (χ0n) is 22.9. The molecule has 2 fully saturated rings. The summed E-state index contributed by atoms with van der Waals surface area (Å²) in [6.45, 7) is 2.18. The molecule has 0 unspecified atom stereocenters. The van der Waals surface area contributed by atoms with Gasteiger partial charge in [-0.1, -0.05) is 30.3 Å². The number of esters is 1. The van der Waals surface area contributed by atoms with E-state index in [4.69, 9.17) is 14.6 Å². The van der Waals surface area contributed by atoms with Crippen molar-refractivity contribution in [3.05, 3.63) is 71.5 Å². The summed E-state index contributed by atoms with van der Waals surface area (Å²) >= 11 is 0. The molecule has 0 radical (unpaired) electrons. The van der Waals surface area contributed by atoms with Crippen molar-refractivity contribution in [1.82, 2.24) is 15.1 Å². The van der Waals surface area contributed by atoms with E-state index in [-0.39, 0.29) is 18.9 Å². The Hall–Kier alpha value is -4.33. The number of carbonyl (C=O) groups is 5. The van der Waals surface area contributed by atoms with Crippen LogP contribution in [0.4, 0.5) is 17.6 Å². The lowest BCUT2D eigenvalue weighted by Gasteiger charge is -2.33. The van der Waals surface area contributed by atoms with Crippen LogP contribution >= 0.6 is 0 Å². The molecule has 226 valence electrons. The maximum absolute atomic E-state index is 13.3. The Bertz CT molecular complexity index is 1340. The number of carboxylic acid groups (broad SMARTS) is 1. The maximum Gasteiger partial charge on any atom is 0.490 e. The Kier molecular flexibility index (Phi) is 9.71. The molecule has 0 spiro atoms. The molecule has 2 aromatic rings. The Morgan fingerprint density at radius 3 is 2.12 bits per heavy atom. The van der Waals surface area contributed by atoms with Crippen molar-refractivity contribution in [1.29, 1.82) is 0 Å². The highest BCUT2D eigenvalue weighted by Gasteiger charge is 2.68. The van der Waals surface area contributed by atoms with Crippen LogP contribution in [-0.4, -0.2) is 89.6 Å². The summed E-state index contributed by atoms with van der Waals surface area (Å²) in [5, 5.41) is 10.4. The van der Waals surface area contributed by atoms with Gasteiger partial charge in [-0.15, -0.1) is 0 Å². The minimum atomic E-state index is -5.08. The second-order valence-electron chi connectivity index (χ2n) is 9.77. The zero-order valence-corrected chi connectivity index (χ0v) is 22.9. The summed E-state index contributed by atoms with van der Waals surface area (Å²) in [4.78, 5) is 64.3. The van der Waals surface area contributed by atoms with E-state index in [1.807, 2.05) is 30.3 Å². The van der Waals surface area contributed by atoms with E-state index in [0.29, 0.717) is 12.1 Å². The van der Waals surface area contributed by atoms with Gasteiger partial charge in [-0.3, -0.25) is 29.4 Å². The monoisotopic (exact) mass is 595 g/mol. The molecule has 4 rings (SSSR count). The number of amides is 3. The largest absolute Gasteiger partial charge is 0.490 e. The first-order valence-electron chi connectivity index (χ1n) is 12.7. The number of methoxy groups -OCH3 is 1. The number of likely N-dealkylation sites (N-methyl/N-ethyl adjacent to an activating group) is 1. The number of hydrogen-bond acceptors (Lipinski definition) is 7. The van der Waals surface area contributed by atoms with E-state index in [1.165, 1.54) is 43.3 Å². The fourth-order valence-electron chi connectivity index (χ4n) is 5.32. The van der Waals surface area contributed by atoms with Crippen LogP contribution in [0.15, 0.2) is 54.6 Å². The number of carbonyl (C=O) groups excluding carboxylic acids is 4. The molecule has 42 heavy (non-hydrogen) atoms. The molecule has 2 aliphatic rings. The summed E-state index contributed by atoms with van der Waals surface area (Å²) in [6, 6.07) is 13.7. The molecule has 10 nitrogen and oxygen atoms in total. The van der Waals surface area contributed by atoms with Crippen molar-refractivity contribution in [2.45, 2.75) is 31.1 Å². The lowest BCUT2D eigenvalue weighted by molar-refractivity contribution is -0.192. The van der Waals surface area contributed by atoms with Crippen molar-refractivity contribution in [2.75, 3.05) is 27.2 Å². The van der Waals surface area contributed by atoms with E-state index in [9.17, 15) is 36.7 Å². The number of nitrogens with zero attached hydrogens (tertiary/aromatic N) is 2. The van der Waals surface area contributed by atoms with E-state index < -0.39 is 59.2 Å². The van der Waals surface area contributed by atoms with Crippen molar-refractivity contribution >= 4 is 29.7 Å². The van der Waals surface area contributed by atoms with Crippen LogP contribution < -0.4 is 5.32 Å². The molecule has 0 bridgehead atoms. The molecule has 2 aliphatic heterocycles. The fourth-order valence-corrected chi connectivity index (χ4v) is 5.32. The van der Waals surface area contributed by atoms with E-state index in [0.717, 1.165) is 10.5 Å². The van der Waals surface area contributed by atoms with E-state index >= 15 is 0 Å². The zero-order chi connectivity index (χ0) is 31.4. The number of benzene rings is 2. The van der Waals surface area contributed by atoms with Gasteiger partial charge in [0.05, 0.1) is 18.9 Å². The Balaban J connectivity index is 0.000000616. The number of hydrogen-bond donors (Lipinski definition) is 2. The molecule has 4 atom stereocenters. The van der Waals surface area contributed by atoms with Gasteiger partial charge < -0.3 is 14.7 Å². The predicted octanol–water partition coefficient (Wildman–Crippen LogP) is 2.28. The van der Waals surface area contributed by atoms with Crippen molar-refractivity contribution < 1.29 is 51.4 Å². The van der Waals surface area contributed by atoms with Crippen LogP contribution in [0.5, 0.6) is 0 Å². The minimum Gasteiger partial charge on any atom is -0.475 e. The molecule has 2 N–H and O–H groups in total. The third-order valence-corrected chi connectivity index (χ3v) is 7.27. The summed E-state index contributed by atoms with van der Waals surface area (Å²) in [7, 11) is 2.66. The van der Waals surface area contributed by atoms with Crippen molar-refractivity contribution in [3.63, 3.8) is 0 Å². The average Bonchev–Trinajstić information content (AvgIpc) is 3.40. The summed E-state index contributed by atoms with van der Waals surface area (Å²) in [5.41, 5.74) is -0.368. The number of halogens is 4. The first kappa shape index (κ1) is 32.2. The highest BCUT2D eigenvalue weighted by molar-refractivity contribution is 6.09. The number of rotatable bonds is 7. The standard InChI is InChI=1S/C26H28FN3O5.C2HF3O2/c1-4-30(22(31)17-10-12-18(27)13-11-17)15-19-20-21(24(33)29(2)23(20)32)26(28-19,25(34)35-3)14-16-8-6-5-7-9-16;3-2(4,5)1(6)7/h5-13,19-21,28H,4,14-15H2,1-3H3;(H,6,7)/t19-,20+,21-,26-;/m1./s1. The Morgan fingerprint density at radius 2 is 1.62 bits per heavy atom. The van der Waals surface area contributed by atoms with Gasteiger partial charge in [0.25, 0.3) is 5.91 Å². The van der Waals surface area contributed by atoms with Crippen LogP contribution in [0.1, 0.15) is 22.8 Å². The SMILES string of the molecule is CCN(C[C@H]1N[C@@](Cc2ccccc2)(C(=O)OC)[C@H]2C(=O)N(C)C(=O)[C@@H]12)C(=O)c1ccc(F)cc1.O=C(O)C(F)(F)F. The number of aliphatic carboxylic acids is 1. The number of fused-ring (bicyclic) bond motifs is 1. The van der Waals surface area contributed by atoms with Gasteiger partial charge in [0.15, 0.2) is 0 Å². The summed E-state index contributed by atoms with van der Waals surface area (Å²) < 4.78 is 50.2.